The van der Waals surface area contributed by atoms with Gasteiger partial charge in [-0.15, -0.1) is 0 Å². The summed E-state index contributed by atoms with van der Waals surface area (Å²) >= 11 is 0. The number of nitrogens with one attached hydrogen (secondary N) is 1. The van der Waals surface area contributed by atoms with Gasteiger partial charge in [-0.2, -0.15) is 0 Å². The first-order chi connectivity index (χ1) is 9.31. The number of hydrogen-bond donors (Lipinski definition) is 1. The maximum atomic E-state index is 11.6. The third kappa shape index (κ3) is 3.82. The standard InChI is InChI=1S/C17H21NO/c1-2-3-4-12-17(19)18-13-15-10-7-9-14-8-5-6-11-16(14)15/h2-6,8,11-12,15H,7,9-10,13H2,1H3,(H,18,19)/b3-2+,12-4+. The average Bonchev–Trinajstić information content (AvgIpc) is 2.45. The van der Waals surface area contributed by atoms with Gasteiger partial charge in [-0.1, -0.05) is 42.5 Å². The molecular weight excluding hydrogens is 234 g/mol. The van der Waals surface area contributed by atoms with Crippen LogP contribution in [0, 0.1) is 0 Å². The van der Waals surface area contributed by atoms with Crippen LogP contribution in [0.25, 0.3) is 0 Å². The van der Waals surface area contributed by atoms with Crippen molar-refractivity contribution in [2.24, 2.45) is 0 Å². The van der Waals surface area contributed by atoms with Crippen LogP contribution in [0.4, 0.5) is 0 Å². The lowest BCUT2D eigenvalue weighted by molar-refractivity contribution is -0.116. The first kappa shape index (κ1) is 13.6. The molecule has 1 unspecified atom stereocenters. The Morgan fingerprint density at radius 1 is 1.37 bits per heavy atom. The van der Waals surface area contributed by atoms with E-state index in [-0.39, 0.29) is 5.91 Å². The highest BCUT2D eigenvalue weighted by Crippen LogP contribution is 2.30. The number of rotatable bonds is 4. The molecule has 1 atom stereocenters. The molecule has 1 aliphatic carbocycles. The van der Waals surface area contributed by atoms with Crippen LogP contribution in [0.1, 0.15) is 36.8 Å². The molecule has 1 N–H and O–H groups in total. The van der Waals surface area contributed by atoms with Crippen LogP contribution in [-0.4, -0.2) is 12.5 Å². The zero-order valence-corrected chi connectivity index (χ0v) is 11.4. The second-order valence-corrected chi connectivity index (χ2v) is 4.92. The third-order valence-electron chi connectivity index (χ3n) is 3.57. The normalized spacial score (nSPS) is 18.7. The predicted molar refractivity (Wildman–Crippen MR) is 79.1 cm³/mol. The summed E-state index contributed by atoms with van der Waals surface area (Å²) in [5, 5.41) is 2.99. The van der Waals surface area contributed by atoms with Gasteiger partial charge >= 0.3 is 0 Å². The van der Waals surface area contributed by atoms with E-state index in [1.54, 1.807) is 12.2 Å². The summed E-state index contributed by atoms with van der Waals surface area (Å²) in [6.45, 7) is 2.66. The molecule has 0 aliphatic heterocycles. The van der Waals surface area contributed by atoms with Crippen molar-refractivity contribution in [3.8, 4) is 0 Å². The number of hydrogen-bond acceptors (Lipinski definition) is 1. The van der Waals surface area contributed by atoms with E-state index in [2.05, 4.69) is 29.6 Å². The van der Waals surface area contributed by atoms with E-state index in [9.17, 15) is 4.79 Å². The molecule has 2 rings (SSSR count). The van der Waals surface area contributed by atoms with Crippen molar-refractivity contribution in [1.82, 2.24) is 5.32 Å². The summed E-state index contributed by atoms with van der Waals surface area (Å²) in [7, 11) is 0. The quantitative estimate of drug-likeness (QED) is 0.648. The van der Waals surface area contributed by atoms with E-state index in [4.69, 9.17) is 0 Å². The first-order valence-electron chi connectivity index (χ1n) is 6.96. The molecule has 0 spiro atoms. The molecule has 0 fully saturated rings. The van der Waals surface area contributed by atoms with Crippen molar-refractivity contribution >= 4 is 5.91 Å². The number of carbonyl (C=O) groups excluding carboxylic acids is 1. The van der Waals surface area contributed by atoms with E-state index < -0.39 is 0 Å². The van der Waals surface area contributed by atoms with Gasteiger partial charge in [0.05, 0.1) is 0 Å². The minimum absolute atomic E-state index is 0.0128. The van der Waals surface area contributed by atoms with Crippen molar-refractivity contribution in [1.29, 1.82) is 0 Å². The lowest BCUT2D eigenvalue weighted by atomic mass is 9.83. The van der Waals surface area contributed by atoms with E-state index in [1.807, 2.05) is 19.1 Å². The topological polar surface area (TPSA) is 29.1 Å². The maximum absolute atomic E-state index is 11.6. The number of carbonyl (C=O) groups is 1. The van der Waals surface area contributed by atoms with E-state index in [0.717, 1.165) is 13.0 Å². The van der Waals surface area contributed by atoms with Gasteiger partial charge in [-0.3, -0.25) is 4.79 Å². The van der Waals surface area contributed by atoms with Crippen molar-refractivity contribution in [2.45, 2.75) is 32.1 Å². The van der Waals surface area contributed by atoms with E-state index >= 15 is 0 Å². The predicted octanol–water partition coefficient (Wildman–Crippen LogP) is 3.36. The highest BCUT2D eigenvalue weighted by atomic mass is 16.1. The van der Waals surface area contributed by atoms with Crippen LogP contribution in [-0.2, 0) is 11.2 Å². The van der Waals surface area contributed by atoms with Gasteiger partial charge < -0.3 is 5.32 Å². The second kappa shape index (κ2) is 6.93. The Bertz CT molecular complexity index is 488. The highest BCUT2D eigenvalue weighted by Gasteiger charge is 2.19. The Kier molecular flexibility index (Phi) is 4.96. The summed E-state index contributed by atoms with van der Waals surface area (Å²) in [4.78, 5) is 11.6. The SMILES string of the molecule is C/C=C/C=C/C(=O)NCC1CCCc2ccccc21. The van der Waals surface area contributed by atoms with Crippen LogP contribution >= 0.6 is 0 Å². The zero-order chi connectivity index (χ0) is 13.5. The minimum Gasteiger partial charge on any atom is -0.352 e. The average molecular weight is 255 g/mol. The van der Waals surface area contributed by atoms with Gasteiger partial charge in [0.25, 0.3) is 0 Å². The minimum atomic E-state index is -0.0128. The van der Waals surface area contributed by atoms with Crippen LogP contribution in [0.3, 0.4) is 0 Å². The maximum Gasteiger partial charge on any atom is 0.243 e. The molecule has 1 aromatic rings. The molecular formula is C17H21NO. The van der Waals surface area contributed by atoms with Crippen LogP contribution in [0.15, 0.2) is 48.6 Å². The molecule has 2 nitrogen and oxygen atoms in total. The first-order valence-corrected chi connectivity index (χ1v) is 6.96. The van der Waals surface area contributed by atoms with Crippen molar-refractivity contribution in [3.63, 3.8) is 0 Å². The molecule has 0 bridgehead atoms. The molecule has 0 aromatic heterocycles. The fourth-order valence-corrected chi connectivity index (χ4v) is 2.60. The summed E-state index contributed by atoms with van der Waals surface area (Å²) in [6, 6.07) is 8.58. The number of benzene rings is 1. The Morgan fingerprint density at radius 2 is 2.21 bits per heavy atom. The summed E-state index contributed by atoms with van der Waals surface area (Å²) in [6.07, 6.45) is 10.7. The lowest BCUT2D eigenvalue weighted by Gasteiger charge is -2.25. The molecule has 1 aliphatic rings. The zero-order valence-electron chi connectivity index (χ0n) is 11.4. The van der Waals surface area contributed by atoms with Gasteiger partial charge in [0.15, 0.2) is 0 Å². The van der Waals surface area contributed by atoms with Gasteiger partial charge in [-0.05, 0) is 37.3 Å². The van der Waals surface area contributed by atoms with Crippen molar-refractivity contribution < 1.29 is 4.79 Å². The van der Waals surface area contributed by atoms with E-state index in [0.29, 0.717) is 5.92 Å². The largest absolute Gasteiger partial charge is 0.352 e. The summed E-state index contributed by atoms with van der Waals surface area (Å²) in [5.41, 5.74) is 2.85. The van der Waals surface area contributed by atoms with Crippen LogP contribution in [0.5, 0.6) is 0 Å². The molecule has 2 heteroatoms. The number of fused-ring (bicyclic) bond motifs is 1. The molecule has 1 aromatic carbocycles. The number of aryl methyl sites for hydroxylation is 1. The Hall–Kier alpha value is -1.83. The van der Waals surface area contributed by atoms with Gasteiger partial charge in [0, 0.05) is 18.5 Å². The molecule has 0 heterocycles. The molecule has 0 saturated heterocycles. The summed E-state index contributed by atoms with van der Waals surface area (Å²) < 4.78 is 0. The number of amides is 1. The van der Waals surface area contributed by atoms with Crippen LogP contribution in [0.2, 0.25) is 0 Å². The van der Waals surface area contributed by atoms with E-state index in [1.165, 1.54) is 24.0 Å². The lowest BCUT2D eigenvalue weighted by Crippen LogP contribution is -2.28. The summed E-state index contributed by atoms with van der Waals surface area (Å²) in [5.74, 6) is 0.449. The molecule has 0 saturated carbocycles. The van der Waals surface area contributed by atoms with Gasteiger partial charge in [0.1, 0.15) is 0 Å². The smallest absolute Gasteiger partial charge is 0.243 e. The Labute approximate surface area is 115 Å². The monoisotopic (exact) mass is 255 g/mol. The Balaban J connectivity index is 1.92. The molecule has 100 valence electrons. The molecule has 0 radical (unpaired) electrons. The number of allylic oxidation sites excluding steroid dienone is 3. The Morgan fingerprint density at radius 3 is 3.05 bits per heavy atom. The fraction of sp³-hybridized carbons (Fsp3) is 0.353. The second-order valence-electron chi connectivity index (χ2n) is 4.92. The van der Waals surface area contributed by atoms with Crippen molar-refractivity contribution in [2.75, 3.05) is 6.54 Å². The fourth-order valence-electron chi connectivity index (χ4n) is 2.60. The molecule has 1 amide bonds. The highest BCUT2D eigenvalue weighted by molar-refractivity contribution is 5.87. The van der Waals surface area contributed by atoms with Crippen molar-refractivity contribution in [3.05, 3.63) is 59.7 Å². The van der Waals surface area contributed by atoms with Crippen LogP contribution < -0.4 is 5.32 Å². The molecule has 19 heavy (non-hydrogen) atoms. The van der Waals surface area contributed by atoms with Gasteiger partial charge in [-0.25, -0.2) is 0 Å². The van der Waals surface area contributed by atoms with Gasteiger partial charge in [0.2, 0.25) is 5.91 Å². The third-order valence-corrected chi connectivity index (χ3v) is 3.57.